The van der Waals surface area contributed by atoms with Crippen LogP contribution < -0.4 is 19.5 Å². The number of carbonyl (C=O) groups is 1. The van der Waals surface area contributed by atoms with Gasteiger partial charge in [0.15, 0.2) is 11.5 Å². The zero-order valence-corrected chi connectivity index (χ0v) is 12.6. The Kier molecular flexibility index (Phi) is 4.06. The van der Waals surface area contributed by atoms with E-state index in [9.17, 15) is 4.79 Å². The quantitative estimate of drug-likeness (QED) is 0.942. The van der Waals surface area contributed by atoms with Crippen LogP contribution in [0.4, 0.5) is 5.69 Å². The number of hydrogen-bond acceptors (Lipinski definition) is 4. The molecule has 5 nitrogen and oxygen atoms in total. The van der Waals surface area contributed by atoms with Gasteiger partial charge in [-0.15, -0.1) is 0 Å². The molecule has 0 saturated carbocycles. The Hall–Kier alpha value is -2.40. The minimum Gasteiger partial charge on any atom is -0.493 e. The summed E-state index contributed by atoms with van der Waals surface area (Å²) in [6.07, 6.45) is 0. The van der Waals surface area contributed by atoms with E-state index in [2.05, 4.69) is 5.32 Å². The molecule has 1 aliphatic heterocycles. The lowest BCUT2D eigenvalue weighted by molar-refractivity contribution is 0.102. The van der Waals surface area contributed by atoms with Crippen molar-refractivity contribution in [1.82, 2.24) is 0 Å². The summed E-state index contributed by atoms with van der Waals surface area (Å²) in [5.74, 6) is 1.21. The second-order valence-electron chi connectivity index (χ2n) is 4.67. The first-order chi connectivity index (χ1) is 10.7. The second-order valence-corrected chi connectivity index (χ2v) is 5.10. The molecule has 1 amide bonds. The van der Waals surface area contributed by atoms with E-state index >= 15 is 0 Å². The Morgan fingerprint density at radius 3 is 2.82 bits per heavy atom. The first-order valence-electron chi connectivity index (χ1n) is 6.72. The number of amides is 1. The van der Waals surface area contributed by atoms with Gasteiger partial charge in [0.05, 0.1) is 7.11 Å². The normalized spacial score (nSPS) is 12.6. The van der Waals surface area contributed by atoms with Gasteiger partial charge in [0.25, 0.3) is 5.91 Å². The standard InChI is InChI=1S/C16H14ClNO4/c1-20-13-7-10(8-14-15(13)22-6-5-21-14)16(19)18-12-4-2-3-11(17)9-12/h2-4,7-9H,5-6H2,1H3,(H,18,19). The van der Waals surface area contributed by atoms with Crippen LogP contribution in [0.2, 0.25) is 5.02 Å². The van der Waals surface area contributed by atoms with Gasteiger partial charge < -0.3 is 19.5 Å². The molecule has 22 heavy (non-hydrogen) atoms. The number of carbonyl (C=O) groups excluding carboxylic acids is 1. The van der Waals surface area contributed by atoms with Gasteiger partial charge >= 0.3 is 0 Å². The molecular formula is C16H14ClNO4. The first kappa shape index (κ1) is 14.5. The van der Waals surface area contributed by atoms with Crippen molar-refractivity contribution >= 4 is 23.2 Å². The number of hydrogen-bond donors (Lipinski definition) is 1. The molecule has 3 rings (SSSR count). The maximum atomic E-state index is 12.4. The molecule has 2 aromatic carbocycles. The van der Waals surface area contributed by atoms with Gasteiger partial charge in [-0.25, -0.2) is 0 Å². The summed E-state index contributed by atoms with van der Waals surface area (Å²) >= 11 is 5.91. The number of halogens is 1. The highest BCUT2D eigenvalue weighted by Gasteiger charge is 2.21. The largest absolute Gasteiger partial charge is 0.493 e. The topological polar surface area (TPSA) is 56.8 Å². The summed E-state index contributed by atoms with van der Waals surface area (Å²) in [6, 6.07) is 10.2. The summed E-state index contributed by atoms with van der Waals surface area (Å²) in [5.41, 5.74) is 1.03. The molecule has 0 aliphatic carbocycles. The van der Waals surface area contributed by atoms with Crippen molar-refractivity contribution in [2.45, 2.75) is 0 Å². The molecule has 0 bridgehead atoms. The fraction of sp³-hybridized carbons (Fsp3) is 0.188. The van der Waals surface area contributed by atoms with Crippen LogP contribution in [0, 0.1) is 0 Å². The van der Waals surface area contributed by atoms with Gasteiger partial charge in [0.2, 0.25) is 5.75 Å². The summed E-state index contributed by atoms with van der Waals surface area (Å²) in [6.45, 7) is 0.896. The summed E-state index contributed by atoms with van der Waals surface area (Å²) in [4.78, 5) is 12.4. The van der Waals surface area contributed by atoms with Crippen molar-refractivity contribution in [3.8, 4) is 17.2 Å². The number of fused-ring (bicyclic) bond motifs is 1. The van der Waals surface area contributed by atoms with Gasteiger partial charge in [-0.1, -0.05) is 17.7 Å². The number of anilines is 1. The fourth-order valence-electron chi connectivity index (χ4n) is 2.17. The Balaban J connectivity index is 1.89. The van der Waals surface area contributed by atoms with Gasteiger partial charge in [0, 0.05) is 16.3 Å². The van der Waals surface area contributed by atoms with E-state index in [4.69, 9.17) is 25.8 Å². The van der Waals surface area contributed by atoms with Crippen molar-refractivity contribution < 1.29 is 19.0 Å². The first-order valence-corrected chi connectivity index (χ1v) is 7.10. The Morgan fingerprint density at radius 2 is 2.05 bits per heavy atom. The third-order valence-electron chi connectivity index (χ3n) is 3.17. The third kappa shape index (κ3) is 2.94. The predicted molar refractivity (Wildman–Crippen MR) is 83.4 cm³/mol. The van der Waals surface area contributed by atoms with Crippen LogP contribution in [-0.4, -0.2) is 26.2 Å². The Labute approximate surface area is 132 Å². The van der Waals surface area contributed by atoms with E-state index in [0.717, 1.165) is 0 Å². The van der Waals surface area contributed by atoms with E-state index in [1.165, 1.54) is 7.11 Å². The van der Waals surface area contributed by atoms with E-state index in [-0.39, 0.29) is 5.91 Å². The van der Waals surface area contributed by atoms with E-state index < -0.39 is 0 Å². The van der Waals surface area contributed by atoms with Gasteiger partial charge in [0.1, 0.15) is 13.2 Å². The molecule has 114 valence electrons. The highest BCUT2D eigenvalue weighted by Crippen LogP contribution is 2.40. The van der Waals surface area contributed by atoms with Crippen molar-refractivity contribution in [3.63, 3.8) is 0 Å². The molecule has 6 heteroatoms. The number of ether oxygens (including phenoxy) is 3. The van der Waals surface area contributed by atoms with Crippen LogP contribution in [0.5, 0.6) is 17.2 Å². The lowest BCUT2D eigenvalue weighted by Crippen LogP contribution is -2.18. The van der Waals surface area contributed by atoms with Crippen LogP contribution in [0.3, 0.4) is 0 Å². The minimum atomic E-state index is -0.280. The monoisotopic (exact) mass is 319 g/mol. The zero-order valence-electron chi connectivity index (χ0n) is 11.9. The van der Waals surface area contributed by atoms with Gasteiger partial charge in [-0.3, -0.25) is 4.79 Å². The maximum Gasteiger partial charge on any atom is 0.255 e. The van der Waals surface area contributed by atoms with Crippen molar-refractivity contribution in [2.75, 3.05) is 25.6 Å². The second kappa shape index (κ2) is 6.15. The van der Waals surface area contributed by atoms with E-state index in [1.807, 2.05) is 0 Å². The van der Waals surface area contributed by atoms with Crippen LogP contribution in [0.25, 0.3) is 0 Å². The third-order valence-corrected chi connectivity index (χ3v) is 3.41. The molecule has 0 fully saturated rings. The fourth-order valence-corrected chi connectivity index (χ4v) is 2.36. The van der Waals surface area contributed by atoms with Gasteiger partial charge in [-0.05, 0) is 30.3 Å². The number of benzene rings is 2. The number of methoxy groups -OCH3 is 1. The molecule has 0 radical (unpaired) electrons. The molecule has 2 aromatic rings. The molecule has 1 aliphatic rings. The highest BCUT2D eigenvalue weighted by atomic mass is 35.5. The molecule has 1 N–H and O–H groups in total. The average Bonchev–Trinajstić information content (AvgIpc) is 2.53. The highest BCUT2D eigenvalue weighted by molar-refractivity contribution is 6.31. The van der Waals surface area contributed by atoms with Gasteiger partial charge in [-0.2, -0.15) is 0 Å². The van der Waals surface area contributed by atoms with Crippen LogP contribution in [-0.2, 0) is 0 Å². The zero-order chi connectivity index (χ0) is 15.5. The number of nitrogens with one attached hydrogen (secondary N) is 1. The van der Waals surface area contributed by atoms with Crippen molar-refractivity contribution in [2.24, 2.45) is 0 Å². The van der Waals surface area contributed by atoms with E-state index in [1.54, 1.807) is 36.4 Å². The lowest BCUT2D eigenvalue weighted by atomic mass is 10.1. The summed E-state index contributed by atoms with van der Waals surface area (Å²) < 4.78 is 16.3. The Morgan fingerprint density at radius 1 is 1.23 bits per heavy atom. The molecule has 0 spiro atoms. The maximum absolute atomic E-state index is 12.4. The molecule has 0 atom stereocenters. The number of rotatable bonds is 3. The van der Waals surface area contributed by atoms with Crippen LogP contribution in [0.1, 0.15) is 10.4 Å². The summed E-state index contributed by atoms with van der Waals surface area (Å²) in [5, 5.41) is 3.34. The van der Waals surface area contributed by atoms with Crippen molar-refractivity contribution in [3.05, 3.63) is 47.0 Å². The summed E-state index contributed by atoms with van der Waals surface area (Å²) in [7, 11) is 1.52. The van der Waals surface area contributed by atoms with E-state index in [0.29, 0.717) is 46.7 Å². The smallest absolute Gasteiger partial charge is 0.255 e. The molecule has 0 saturated heterocycles. The van der Waals surface area contributed by atoms with Crippen LogP contribution in [0.15, 0.2) is 36.4 Å². The molecule has 0 unspecified atom stereocenters. The lowest BCUT2D eigenvalue weighted by Gasteiger charge is -2.21. The SMILES string of the molecule is COc1cc(C(=O)Nc2cccc(Cl)c2)cc2c1OCCO2. The predicted octanol–water partition coefficient (Wildman–Crippen LogP) is 3.37. The van der Waals surface area contributed by atoms with Crippen molar-refractivity contribution in [1.29, 1.82) is 0 Å². The molecular weight excluding hydrogens is 306 g/mol. The minimum absolute atomic E-state index is 0.280. The average molecular weight is 320 g/mol. The van der Waals surface area contributed by atoms with Crippen LogP contribution >= 0.6 is 11.6 Å². The molecule has 1 heterocycles. The molecule has 0 aromatic heterocycles. The Bertz CT molecular complexity index is 700.